The number of rotatable bonds is 2. The maximum absolute atomic E-state index is 12.5. The second-order valence-corrected chi connectivity index (χ2v) is 6.17. The Balaban J connectivity index is 2.39. The molecule has 2 aliphatic rings. The Morgan fingerprint density at radius 2 is 1.95 bits per heavy atom. The van der Waals surface area contributed by atoms with Crippen molar-refractivity contribution in [3.8, 4) is 0 Å². The Bertz CT molecular complexity index is 471. The van der Waals surface area contributed by atoms with Crippen LogP contribution in [0.15, 0.2) is 0 Å². The Labute approximate surface area is 110 Å². The molecule has 1 atom stereocenters. The molecule has 2 aliphatic heterocycles. The predicted octanol–water partition coefficient (Wildman–Crippen LogP) is 0.339. The van der Waals surface area contributed by atoms with Gasteiger partial charge in [0, 0.05) is 6.42 Å². The van der Waals surface area contributed by atoms with E-state index >= 15 is 0 Å². The van der Waals surface area contributed by atoms with Gasteiger partial charge in [0.15, 0.2) is 5.54 Å². The molecule has 2 N–H and O–H groups in total. The van der Waals surface area contributed by atoms with Crippen LogP contribution < -0.4 is 5.32 Å². The van der Waals surface area contributed by atoms with Crippen molar-refractivity contribution >= 4 is 17.9 Å². The molecule has 106 valence electrons. The second kappa shape index (κ2) is 3.69. The summed E-state index contributed by atoms with van der Waals surface area (Å²) in [5.41, 5.74) is -2.65. The molecule has 2 fully saturated rings. The highest BCUT2D eigenvalue weighted by Gasteiger charge is 2.67. The number of carbonyl (C=O) groups is 3. The van der Waals surface area contributed by atoms with Gasteiger partial charge in [-0.05, 0) is 27.7 Å². The van der Waals surface area contributed by atoms with Crippen molar-refractivity contribution in [3.63, 3.8) is 0 Å². The molecule has 0 aromatic rings. The molecule has 2 saturated heterocycles. The van der Waals surface area contributed by atoms with Gasteiger partial charge in [-0.3, -0.25) is 14.5 Å². The zero-order valence-electron chi connectivity index (χ0n) is 11.4. The minimum atomic E-state index is -1.23. The van der Waals surface area contributed by atoms with E-state index < -0.39 is 41.2 Å². The lowest BCUT2D eigenvalue weighted by molar-refractivity contribution is -0.145. The number of hydrogen-bond acceptors (Lipinski definition) is 4. The van der Waals surface area contributed by atoms with Crippen molar-refractivity contribution in [1.29, 1.82) is 0 Å². The standard InChI is InChI=1S/C12H18N2O5/c1-10(2)6-12(11(3,4)19-10)8(17)14(5-7(15)16)9(18)13-12/h5-6H2,1-4H3,(H,13,18)(H,15,16). The first-order valence-corrected chi connectivity index (χ1v) is 6.07. The number of amides is 3. The molecule has 1 unspecified atom stereocenters. The molecule has 3 amide bonds. The first-order valence-electron chi connectivity index (χ1n) is 6.07. The summed E-state index contributed by atoms with van der Waals surface area (Å²) in [6.07, 6.45) is 0.313. The molecule has 0 radical (unpaired) electrons. The van der Waals surface area contributed by atoms with Crippen LogP contribution in [0.3, 0.4) is 0 Å². The minimum absolute atomic E-state index is 0.313. The smallest absolute Gasteiger partial charge is 0.325 e. The van der Waals surface area contributed by atoms with Gasteiger partial charge < -0.3 is 15.2 Å². The van der Waals surface area contributed by atoms with Crippen LogP contribution in [0.25, 0.3) is 0 Å². The summed E-state index contributed by atoms with van der Waals surface area (Å²) in [4.78, 5) is 35.8. The zero-order valence-corrected chi connectivity index (χ0v) is 11.4. The summed E-state index contributed by atoms with van der Waals surface area (Å²) >= 11 is 0. The summed E-state index contributed by atoms with van der Waals surface area (Å²) in [5, 5.41) is 11.4. The fraction of sp³-hybridized carbons (Fsp3) is 0.750. The molecule has 2 rings (SSSR count). The highest BCUT2D eigenvalue weighted by molar-refractivity contribution is 6.09. The van der Waals surface area contributed by atoms with Crippen LogP contribution >= 0.6 is 0 Å². The molecule has 7 nitrogen and oxygen atoms in total. The van der Waals surface area contributed by atoms with Crippen LogP contribution in [0, 0.1) is 0 Å². The number of nitrogens with zero attached hydrogens (tertiary/aromatic N) is 1. The fourth-order valence-electron chi connectivity index (χ4n) is 3.10. The number of aliphatic carboxylic acids is 1. The lowest BCUT2D eigenvalue weighted by Gasteiger charge is -2.33. The minimum Gasteiger partial charge on any atom is -0.480 e. The van der Waals surface area contributed by atoms with Crippen molar-refractivity contribution in [2.45, 2.75) is 50.9 Å². The van der Waals surface area contributed by atoms with E-state index in [1.165, 1.54) is 0 Å². The maximum atomic E-state index is 12.5. The van der Waals surface area contributed by atoms with Gasteiger partial charge in [0.1, 0.15) is 6.54 Å². The lowest BCUT2D eigenvalue weighted by Crippen LogP contribution is -2.59. The van der Waals surface area contributed by atoms with Crippen LogP contribution in [0.1, 0.15) is 34.1 Å². The third-order valence-electron chi connectivity index (χ3n) is 3.72. The van der Waals surface area contributed by atoms with E-state index in [0.717, 1.165) is 4.90 Å². The topological polar surface area (TPSA) is 95.9 Å². The molecule has 1 spiro atoms. The van der Waals surface area contributed by atoms with E-state index in [1.807, 2.05) is 13.8 Å². The Hall–Kier alpha value is -1.63. The Morgan fingerprint density at radius 1 is 1.37 bits per heavy atom. The van der Waals surface area contributed by atoms with Crippen LogP contribution in [0.4, 0.5) is 4.79 Å². The average Bonchev–Trinajstić information content (AvgIpc) is 2.51. The van der Waals surface area contributed by atoms with Gasteiger partial charge in [-0.1, -0.05) is 0 Å². The van der Waals surface area contributed by atoms with Crippen LogP contribution in [-0.4, -0.2) is 51.2 Å². The highest BCUT2D eigenvalue weighted by Crippen LogP contribution is 2.47. The van der Waals surface area contributed by atoms with E-state index in [0.29, 0.717) is 6.42 Å². The van der Waals surface area contributed by atoms with E-state index in [-0.39, 0.29) is 0 Å². The summed E-state index contributed by atoms with van der Waals surface area (Å²) in [6.45, 7) is 6.49. The quantitative estimate of drug-likeness (QED) is 0.705. The third-order valence-corrected chi connectivity index (χ3v) is 3.72. The van der Waals surface area contributed by atoms with Crippen molar-refractivity contribution in [2.24, 2.45) is 0 Å². The number of urea groups is 1. The largest absolute Gasteiger partial charge is 0.480 e. The van der Waals surface area contributed by atoms with E-state index in [1.54, 1.807) is 13.8 Å². The van der Waals surface area contributed by atoms with Gasteiger partial charge in [0.25, 0.3) is 5.91 Å². The van der Waals surface area contributed by atoms with Crippen LogP contribution in [0.5, 0.6) is 0 Å². The number of hydrogen-bond donors (Lipinski definition) is 2. The summed E-state index contributed by atoms with van der Waals surface area (Å²) < 4.78 is 5.84. The number of imide groups is 1. The monoisotopic (exact) mass is 270 g/mol. The first-order chi connectivity index (χ1) is 8.51. The first kappa shape index (κ1) is 13.8. The second-order valence-electron chi connectivity index (χ2n) is 6.17. The molecule has 0 saturated carbocycles. The highest BCUT2D eigenvalue weighted by atomic mass is 16.5. The summed E-state index contributed by atoms with van der Waals surface area (Å²) in [6, 6.07) is -0.679. The van der Waals surface area contributed by atoms with Crippen LogP contribution in [-0.2, 0) is 14.3 Å². The third kappa shape index (κ3) is 1.88. The van der Waals surface area contributed by atoms with E-state index in [4.69, 9.17) is 9.84 Å². The van der Waals surface area contributed by atoms with Crippen molar-refractivity contribution in [3.05, 3.63) is 0 Å². The van der Waals surface area contributed by atoms with Crippen LogP contribution in [0.2, 0.25) is 0 Å². The number of nitrogens with one attached hydrogen (secondary N) is 1. The van der Waals surface area contributed by atoms with Crippen molar-refractivity contribution in [2.75, 3.05) is 6.54 Å². The Kier molecular flexibility index (Phi) is 2.68. The number of carboxylic acid groups (broad SMARTS) is 1. The summed E-state index contributed by atoms with van der Waals surface area (Å²) in [7, 11) is 0. The number of carboxylic acids is 1. The average molecular weight is 270 g/mol. The van der Waals surface area contributed by atoms with Gasteiger partial charge in [-0.25, -0.2) is 4.79 Å². The molecular weight excluding hydrogens is 252 g/mol. The predicted molar refractivity (Wildman–Crippen MR) is 64.5 cm³/mol. The van der Waals surface area contributed by atoms with E-state index in [2.05, 4.69) is 5.32 Å². The molecule has 0 aliphatic carbocycles. The number of carbonyl (C=O) groups excluding carboxylic acids is 2. The molecular formula is C12H18N2O5. The summed E-state index contributed by atoms with van der Waals surface area (Å²) in [5.74, 6) is -1.76. The van der Waals surface area contributed by atoms with Gasteiger partial charge in [0.05, 0.1) is 11.2 Å². The molecule has 7 heteroatoms. The lowest BCUT2D eigenvalue weighted by atomic mass is 9.79. The molecule has 0 aromatic heterocycles. The SMILES string of the molecule is CC1(C)CC2(NC(=O)N(CC(=O)O)C2=O)C(C)(C)O1. The number of ether oxygens (including phenoxy) is 1. The van der Waals surface area contributed by atoms with E-state index in [9.17, 15) is 14.4 Å². The maximum Gasteiger partial charge on any atom is 0.325 e. The zero-order chi connectivity index (χ0) is 14.6. The molecule has 0 aromatic carbocycles. The molecule has 0 bridgehead atoms. The van der Waals surface area contributed by atoms with Gasteiger partial charge in [-0.2, -0.15) is 0 Å². The van der Waals surface area contributed by atoms with Crippen molar-refractivity contribution < 1.29 is 24.2 Å². The fourth-order valence-corrected chi connectivity index (χ4v) is 3.10. The Morgan fingerprint density at radius 3 is 2.37 bits per heavy atom. The van der Waals surface area contributed by atoms with Gasteiger partial charge >= 0.3 is 12.0 Å². The van der Waals surface area contributed by atoms with Gasteiger partial charge in [-0.15, -0.1) is 0 Å². The van der Waals surface area contributed by atoms with Gasteiger partial charge in [0.2, 0.25) is 0 Å². The molecule has 19 heavy (non-hydrogen) atoms. The van der Waals surface area contributed by atoms with Crippen molar-refractivity contribution in [1.82, 2.24) is 10.2 Å². The molecule has 2 heterocycles. The normalized spacial score (nSPS) is 31.9.